The first-order valence-electron chi connectivity index (χ1n) is 5.28. The number of nitrogens with zero attached hydrogens (tertiary/aromatic N) is 2. The second kappa shape index (κ2) is 3.70. The van der Waals surface area contributed by atoms with E-state index in [0.29, 0.717) is 0 Å². The van der Waals surface area contributed by atoms with E-state index in [1.807, 2.05) is 10.7 Å². The molecule has 1 aliphatic carbocycles. The van der Waals surface area contributed by atoms with Crippen molar-refractivity contribution >= 4 is 15.9 Å². The third-order valence-corrected chi connectivity index (χ3v) is 3.57. The molecule has 0 radical (unpaired) electrons. The quantitative estimate of drug-likeness (QED) is 0.784. The normalized spacial score (nSPS) is 14.1. The standard InChI is InChI=1S/C12H10BrFN2/c13-12-10-5-2-6-11(10)16(15-12)9-4-1-3-8(14)7-9/h1,3-4,7H,2,5-6H2. The second-order valence-electron chi connectivity index (χ2n) is 3.96. The van der Waals surface area contributed by atoms with Crippen LogP contribution in [-0.2, 0) is 12.8 Å². The first kappa shape index (κ1) is 10.0. The van der Waals surface area contributed by atoms with Gasteiger partial charge in [0.25, 0.3) is 0 Å². The number of aromatic nitrogens is 2. The van der Waals surface area contributed by atoms with Gasteiger partial charge in [0.1, 0.15) is 10.4 Å². The van der Waals surface area contributed by atoms with Gasteiger partial charge in [0, 0.05) is 11.3 Å². The van der Waals surface area contributed by atoms with Crippen molar-refractivity contribution in [1.82, 2.24) is 9.78 Å². The van der Waals surface area contributed by atoms with E-state index < -0.39 is 0 Å². The Hall–Kier alpha value is -1.16. The van der Waals surface area contributed by atoms with Gasteiger partial charge in [-0.2, -0.15) is 5.10 Å². The van der Waals surface area contributed by atoms with Crippen LogP contribution in [-0.4, -0.2) is 9.78 Å². The summed E-state index contributed by atoms with van der Waals surface area (Å²) in [7, 11) is 0. The minimum absolute atomic E-state index is 0.226. The smallest absolute Gasteiger partial charge is 0.132 e. The molecule has 82 valence electrons. The molecule has 0 aliphatic heterocycles. The van der Waals surface area contributed by atoms with E-state index in [4.69, 9.17) is 0 Å². The van der Waals surface area contributed by atoms with E-state index in [1.165, 1.54) is 23.4 Å². The largest absolute Gasteiger partial charge is 0.236 e. The van der Waals surface area contributed by atoms with Crippen LogP contribution >= 0.6 is 15.9 Å². The summed E-state index contributed by atoms with van der Waals surface area (Å²) in [5.74, 6) is -0.226. The van der Waals surface area contributed by atoms with E-state index in [0.717, 1.165) is 29.6 Å². The number of rotatable bonds is 1. The zero-order chi connectivity index (χ0) is 11.1. The Kier molecular flexibility index (Phi) is 2.32. The molecule has 16 heavy (non-hydrogen) atoms. The van der Waals surface area contributed by atoms with Gasteiger partial charge in [0.05, 0.1) is 5.69 Å². The highest BCUT2D eigenvalue weighted by atomic mass is 79.9. The van der Waals surface area contributed by atoms with E-state index in [2.05, 4.69) is 21.0 Å². The van der Waals surface area contributed by atoms with Crippen LogP contribution < -0.4 is 0 Å². The highest BCUT2D eigenvalue weighted by Crippen LogP contribution is 2.30. The van der Waals surface area contributed by atoms with Gasteiger partial charge in [-0.05, 0) is 53.4 Å². The molecule has 0 unspecified atom stereocenters. The fourth-order valence-electron chi connectivity index (χ4n) is 2.21. The Bertz CT molecular complexity index is 548. The van der Waals surface area contributed by atoms with Gasteiger partial charge in [-0.15, -0.1) is 0 Å². The number of halogens is 2. The van der Waals surface area contributed by atoms with Crippen LogP contribution in [0, 0.1) is 5.82 Å². The molecule has 1 aliphatic rings. The van der Waals surface area contributed by atoms with Gasteiger partial charge in [0.2, 0.25) is 0 Å². The lowest BCUT2D eigenvalue weighted by Crippen LogP contribution is -2.01. The topological polar surface area (TPSA) is 17.8 Å². The molecule has 2 nitrogen and oxygen atoms in total. The fraction of sp³-hybridized carbons (Fsp3) is 0.250. The lowest BCUT2D eigenvalue weighted by molar-refractivity contribution is 0.624. The molecule has 0 saturated carbocycles. The summed E-state index contributed by atoms with van der Waals surface area (Å²) >= 11 is 3.46. The second-order valence-corrected chi connectivity index (χ2v) is 4.71. The number of hydrogen-bond acceptors (Lipinski definition) is 1. The zero-order valence-corrected chi connectivity index (χ0v) is 10.2. The van der Waals surface area contributed by atoms with Gasteiger partial charge >= 0.3 is 0 Å². The van der Waals surface area contributed by atoms with Crippen molar-refractivity contribution in [3.8, 4) is 5.69 Å². The first-order chi connectivity index (χ1) is 7.75. The van der Waals surface area contributed by atoms with E-state index >= 15 is 0 Å². The Labute approximate surface area is 101 Å². The van der Waals surface area contributed by atoms with Crippen LogP contribution in [0.15, 0.2) is 28.9 Å². The van der Waals surface area contributed by atoms with E-state index in [1.54, 1.807) is 6.07 Å². The number of hydrogen-bond donors (Lipinski definition) is 0. The van der Waals surface area contributed by atoms with Crippen molar-refractivity contribution in [2.45, 2.75) is 19.3 Å². The monoisotopic (exact) mass is 280 g/mol. The SMILES string of the molecule is Fc1cccc(-n2nc(Br)c3c2CCC3)c1. The van der Waals surface area contributed by atoms with Gasteiger partial charge in [0.15, 0.2) is 0 Å². The minimum atomic E-state index is -0.226. The highest BCUT2D eigenvalue weighted by Gasteiger charge is 2.21. The van der Waals surface area contributed by atoms with Gasteiger partial charge < -0.3 is 0 Å². The van der Waals surface area contributed by atoms with Crippen LogP contribution in [0.3, 0.4) is 0 Å². The third kappa shape index (κ3) is 1.48. The van der Waals surface area contributed by atoms with Gasteiger partial charge in [-0.3, -0.25) is 0 Å². The molecular formula is C12H10BrFN2. The lowest BCUT2D eigenvalue weighted by Gasteiger charge is -2.04. The van der Waals surface area contributed by atoms with Gasteiger partial charge in [-0.1, -0.05) is 6.07 Å². The molecule has 3 rings (SSSR count). The van der Waals surface area contributed by atoms with Crippen LogP contribution in [0.25, 0.3) is 5.69 Å². The van der Waals surface area contributed by atoms with E-state index in [9.17, 15) is 4.39 Å². The van der Waals surface area contributed by atoms with Crippen molar-refractivity contribution < 1.29 is 4.39 Å². The predicted octanol–water partition coefficient (Wildman–Crippen LogP) is 3.26. The molecule has 0 saturated heterocycles. The van der Waals surface area contributed by atoms with Crippen LogP contribution in [0.2, 0.25) is 0 Å². The average molecular weight is 281 g/mol. The zero-order valence-electron chi connectivity index (χ0n) is 8.58. The summed E-state index contributed by atoms with van der Waals surface area (Å²) in [5, 5.41) is 4.41. The fourth-order valence-corrected chi connectivity index (χ4v) is 2.80. The summed E-state index contributed by atoms with van der Waals surface area (Å²) in [4.78, 5) is 0. The molecular weight excluding hydrogens is 271 g/mol. The summed E-state index contributed by atoms with van der Waals surface area (Å²) in [5.41, 5.74) is 3.27. The molecule has 0 bridgehead atoms. The Morgan fingerprint density at radius 2 is 2.19 bits per heavy atom. The van der Waals surface area contributed by atoms with Crippen molar-refractivity contribution in [3.63, 3.8) is 0 Å². The summed E-state index contributed by atoms with van der Waals surface area (Å²) in [6.45, 7) is 0. The van der Waals surface area contributed by atoms with Crippen molar-refractivity contribution in [3.05, 3.63) is 45.9 Å². The molecule has 1 aromatic heterocycles. The molecule has 1 heterocycles. The Morgan fingerprint density at radius 3 is 3.00 bits per heavy atom. The minimum Gasteiger partial charge on any atom is -0.236 e. The van der Waals surface area contributed by atoms with Crippen molar-refractivity contribution in [1.29, 1.82) is 0 Å². The maximum Gasteiger partial charge on any atom is 0.132 e. The van der Waals surface area contributed by atoms with Crippen LogP contribution in [0.5, 0.6) is 0 Å². The molecule has 4 heteroatoms. The molecule has 1 aromatic carbocycles. The van der Waals surface area contributed by atoms with Crippen molar-refractivity contribution in [2.75, 3.05) is 0 Å². The molecule has 2 aromatic rings. The first-order valence-corrected chi connectivity index (χ1v) is 6.07. The van der Waals surface area contributed by atoms with Gasteiger partial charge in [-0.25, -0.2) is 9.07 Å². The van der Waals surface area contributed by atoms with Crippen molar-refractivity contribution in [2.24, 2.45) is 0 Å². The molecule has 0 N–H and O–H groups in total. The molecule has 0 atom stereocenters. The summed E-state index contributed by atoms with van der Waals surface area (Å²) < 4.78 is 15.9. The van der Waals surface area contributed by atoms with E-state index in [-0.39, 0.29) is 5.82 Å². The number of fused-ring (bicyclic) bond motifs is 1. The molecule has 0 spiro atoms. The third-order valence-electron chi connectivity index (χ3n) is 2.93. The molecule has 0 fully saturated rings. The van der Waals surface area contributed by atoms with Crippen LogP contribution in [0.4, 0.5) is 4.39 Å². The molecule has 0 amide bonds. The maximum absolute atomic E-state index is 13.2. The summed E-state index contributed by atoms with van der Waals surface area (Å²) in [6.07, 6.45) is 3.23. The highest BCUT2D eigenvalue weighted by molar-refractivity contribution is 9.10. The maximum atomic E-state index is 13.2. The van der Waals surface area contributed by atoms with Crippen LogP contribution in [0.1, 0.15) is 17.7 Å². The lowest BCUT2D eigenvalue weighted by atomic mass is 10.2. The number of benzene rings is 1. The Balaban J connectivity index is 2.17. The predicted molar refractivity (Wildman–Crippen MR) is 63.2 cm³/mol. The summed E-state index contributed by atoms with van der Waals surface area (Å²) in [6, 6.07) is 6.54. The Morgan fingerprint density at radius 1 is 1.31 bits per heavy atom. The average Bonchev–Trinajstić information content (AvgIpc) is 2.83.